The summed E-state index contributed by atoms with van der Waals surface area (Å²) in [6.07, 6.45) is 0. The molecule has 19 heavy (non-hydrogen) atoms. The second-order valence-corrected chi connectivity index (χ2v) is 5.09. The lowest BCUT2D eigenvalue weighted by atomic mass is 10.1. The number of para-hydroxylation sites is 1. The van der Waals surface area contributed by atoms with Crippen LogP contribution in [0, 0.1) is 0 Å². The lowest BCUT2D eigenvalue weighted by Gasteiger charge is -2.09. The lowest BCUT2D eigenvalue weighted by molar-refractivity contribution is 0.102. The van der Waals surface area contributed by atoms with Gasteiger partial charge in [-0.1, -0.05) is 40.9 Å². The van der Waals surface area contributed by atoms with E-state index in [1.54, 1.807) is 36.4 Å². The van der Waals surface area contributed by atoms with Gasteiger partial charge in [-0.05, 0) is 30.3 Å². The third-order valence-corrected chi connectivity index (χ3v) is 3.18. The van der Waals surface area contributed by atoms with Gasteiger partial charge in [-0.15, -0.1) is 0 Å². The van der Waals surface area contributed by atoms with Gasteiger partial charge in [-0.3, -0.25) is 4.79 Å². The van der Waals surface area contributed by atoms with Gasteiger partial charge in [-0.2, -0.15) is 0 Å². The van der Waals surface area contributed by atoms with E-state index in [-0.39, 0.29) is 11.6 Å². The van der Waals surface area contributed by atoms with Gasteiger partial charge in [0.1, 0.15) is 0 Å². The van der Waals surface area contributed by atoms with Crippen LogP contribution in [0.5, 0.6) is 0 Å². The number of benzene rings is 2. The fourth-order valence-corrected chi connectivity index (χ4v) is 2.26. The average Bonchev–Trinajstić information content (AvgIpc) is 2.31. The number of hydrogen-bond donors (Lipinski definition) is 2. The maximum absolute atomic E-state index is 12.1. The zero-order valence-electron chi connectivity index (χ0n) is 9.58. The number of hydrogen-bond acceptors (Lipinski definition) is 2. The molecule has 0 fully saturated rings. The van der Waals surface area contributed by atoms with Crippen LogP contribution in [-0.4, -0.2) is 5.91 Å². The van der Waals surface area contributed by atoms with Crippen LogP contribution in [0.3, 0.4) is 0 Å². The lowest BCUT2D eigenvalue weighted by Crippen LogP contribution is -2.14. The van der Waals surface area contributed by atoms with Gasteiger partial charge in [-0.25, -0.2) is 0 Å². The molecule has 0 spiro atoms. The first-order valence-electron chi connectivity index (χ1n) is 5.29. The standard InChI is InChI=1S/C13H9Cl3N2O/c14-7-4-8(15)6-9(5-7)18-13(19)10-2-1-3-11(16)12(10)17/h1-6H,17H2,(H,18,19). The Hall–Kier alpha value is -1.42. The molecule has 2 aromatic carbocycles. The maximum Gasteiger partial charge on any atom is 0.257 e. The van der Waals surface area contributed by atoms with Crippen molar-refractivity contribution in [2.45, 2.75) is 0 Å². The van der Waals surface area contributed by atoms with E-state index in [4.69, 9.17) is 40.5 Å². The van der Waals surface area contributed by atoms with E-state index in [1.807, 2.05) is 0 Å². The van der Waals surface area contributed by atoms with Crippen molar-refractivity contribution < 1.29 is 4.79 Å². The predicted octanol–water partition coefficient (Wildman–Crippen LogP) is 4.48. The van der Waals surface area contributed by atoms with Gasteiger partial charge < -0.3 is 11.1 Å². The van der Waals surface area contributed by atoms with E-state index in [2.05, 4.69) is 5.32 Å². The molecule has 0 unspecified atom stereocenters. The molecule has 1 amide bonds. The molecule has 98 valence electrons. The molecule has 0 aliphatic heterocycles. The SMILES string of the molecule is Nc1c(Cl)cccc1C(=O)Nc1cc(Cl)cc(Cl)c1. The van der Waals surface area contributed by atoms with Crippen molar-refractivity contribution in [3.63, 3.8) is 0 Å². The summed E-state index contributed by atoms with van der Waals surface area (Å²) in [5.41, 5.74) is 6.77. The van der Waals surface area contributed by atoms with Crippen molar-refractivity contribution in [3.05, 3.63) is 57.0 Å². The zero-order chi connectivity index (χ0) is 14.0. The molecule has 0 aliphatic carbocycles. The van der Waals surface area contributed by atoms with Crippen LogP contribution < -0.4 is 11.1 Å². The van der Waals surface area contributed by atoms with Crippen LogP contribution in [0.1, 0.15) is 10.4 Å². The van der Waals surface area contributed by atoms with Gasteiger partial charge in [0, 0.05) is 15.7 Å². The second-order valence-electron chi connectivity index (χ2n) is 3.81. The Kier molecular flexibility index (Phi) is 4.20. The Morgan fingerprint density at radius 1 is 1.05 bits per heavy atom. The fourth-order valence-electron chi connectivity index (χ4n) is 1.56. The van der Waals surface area contributed by atoms with Gasteiger partial charge in [0.2, 0.25) is 0 Å². The van der Waals surface area contributed by atoms with Gasteiger partial charge >= 0.3 is 0 Å². The van der Waals surface area contributed by atoms with Crippen molar-refractivity contribution in [2.75, 3.05) is 11.1 Å². The molecule has 2 aromatic rings. The number of anilines is 2. The Labute approximate surface area is 125 Å². The third-order valence-electron chi connectivity index (χ3n) is 2.42. The number of amides is 1. The molecule has 3 N–H and O–H groups in total. The van der Waals surface area contributed by atoms with Gasteiger partial charge in [0.05, 0.1) is 16.3 Å². The van der Waals surface area contributed by atoms with E-state index in [9.17, 15) is 4.79 Å². The summed E-state index contributed by atoms with van der Waals surface area (Å²) in [7, 11) is 0. The highest BCUT2D eigenvalue weighted by Gasteiger charge is 2.12. The summed E-state index contributed by atoms with van der Waals surface area (Å²) in [5, 5.41) is 3.86. The van der Waals surface area contributed by atoms with Crippen molar-refractivity contribution in [1.29, 1.82) is 0 Å². The van der Waals surface area contributed by atoms with Crippen LogP contribution in [0.25, 0.3) is 0 Å². The molecular formula is C13H9Cl3N2O. The molecule has 6 heteroatoms. The highest BCUT2D eigenvalue weighted by atomic mass is 35.5. The number of carbonyl (C=O) groups is 1. The minimum absolute atomic E-state index is 0.231. The number of rotatable bonds is 2. The van der Waals surface area contributed by atoms with Crippen LogP contribution in [0.2, 0.25) is 15.1 Å². The van der Waals surface area contributed by atoms with Crippen LogP contribution >= 0.6 is 34.8 Å². The highest BCUT2D eigenvalue weighted by molar-refractivity contribution is 6.35. The van der Waals surface area contributed by atoms with Crippen LogP contribution in [0.15, 0.2) is 36.4 Å². The summed E-state index contributed by atoms with van der Waals surface area (Å²) in [4.78, 5) is 12.1. The Morgan fingerprint density at radius 3 is 2.32 bits per heavy atom. The third kappa shape index (κ3) is 3.32. The van der Waals surface area contributed by atoms with Crippen LogP contribution in [0.4, 0.5) is 11.4 Å². The molecule has 0 aromatic heterocycles. The summed E-state index contributed by atoms with van der Waals surface area (Å²) >= 11 is 17.6. The molecule has 0 aliphatic rings. The van der Waals surface area contributed by atoms with Crippen molar-refractivity contribution in [2.24, 2.45) is 0 Å². The van der Waals surface area contributed by atoms with E-state index >= 15 is 0 Å². The second kappa shape index (κ2) is 5.70. The monoisotopic (exact) mass is 314 g/mol. The molecule has 0 heterocycles. The van der Waals surface area contributed by atoms with Crippen molar-refractivity contribution in [3.8, 4) is 0 Å². The molecule has 0 saturated carbocycles. The average molecular weight is 316 g/mol. The number of nitrogens with two attached hydrogens (primary N) is 1. The molecule has 2 rings (SSSR count). The summed E-state index contributed by atoms with van der Waals surface area (Å²) in [6.45, 7) is 0. The number of carbonyl (C=O) groups excluding carboxylic acids is 1. The summed E-state index contributed by atoms with van der Waals surface area (Å²) in [5.74, 6) is -0.377. The molecule has 0 bridgehead atoms. The van der Waals surface area contributed by atoms with Crippen LogP contribution in [-0.2, 0) is 0 Å². The first-order valence-corrected chi connectivity index (χ1v) is 6.42. The highest BCUT2D eigenvalue weighted by Crippen LogP contribution is 2.25. The summed E-state index contributed by atoms with van der Waals surface area (Å²) in [6, 6.07) is 9.61. The zero-order valence-corrected chi connectivity index (χ0v) is 11.9. The number of halogens is 3. The number of nitrogens with one attached hydrogen (secondary N) is 1. The Morgan fingerprint density at radius 2 is 1.68 bits per heavy atom. The van der Waals surface area contributed by atoms with E-state index in [0.717, 1.165) is 0 Å². The van der Waals surface area contributed by atoms with Crippen molar-refractivity contribution in [1.82, 2.24) is 0 Å². The minimum atomic E-state index is -0.377. The molecule has 3 nitrogen and oxygen atoms in total. The smallest absolute Gasteiger partial charge is 0.257 e. The van der Waals surface area contributed by atoms with Crippen molar-refractivity contribution >= 4 is 52.1 Å². The largest absolute Gasteiger partial charge is 0.397 e. The Balaban J connectivity index is 2.28. The summed E-state index contributed by atoms with van der Waals surface area (Å²) < 4.78 is 0. The predicted molar refractivity (Wildman–Crippen MR) is 80.3 cm³/mol. The normalized spacial score (nSPS) is 10.3. The quantitative estimate of drug-likeness (QED) is 0.803. The fraction of sp³-hybridized carbons (Fsp3) is 0. The molecular weight excluding hydrogens is 307 g/mol. The van der Waals surface area contributed by atoms with Gasteiger partial charge in [0.25, 0.3) is 5.91 Å². The van der Waals surface area contributed by atoms with E-state index in [0.29, 0.717) is 26.3 Å². The van der Waals surface area contributed by atoms with Gasteiger partial charge in [0.15, 0.2) is 0 Å². The molecule has 0 saturated heterocycles. The van der Waals surface area contributed by atoms with E-state index < -0.39 is 0 Å². The maximum atomic E-state index is 12.1. The first-order chi connectivity index (χ1) is 8.97. The molecule has 0 radical (unpaired) electrons. The molecule has 0 atom stereocenters. The van der Waals surface area contributed by atoms with E-state index in [1.165, 1.54) is 0 Å². The Bertz CT molecular complexity index is 624. The first kappa shape index (κ1) is 14.0. The topological polar surface area (TPSA) is 55.1 Å². The number of nitrogen functional groups attached to an aromatic ring is 1. The minimum Gasteiger partial charge on any atom is -0.397 e.